The molecule has 2 aromatic carbocycles. The molecule has 0 saturated heterocycles. The molecule has 118 valence electrons. The first kappa shape index (κ1) is 16.2. The zero-order valence-electron chi connectivity index (χ0n) is 13.5. The van der Waals surface area contributed by atoms with Crippen molar-refractivity contribution < 1.29 is 9.47 Å². The summed E-state index contributed by atoms with van der Waals surface area (Å²) in [7, 11) is 3.23. The van der Waals surface area contributed by atoms with Gasteiger partial charge in [-0.15, -0.1) is 0 Å². The minimum Gasteiger partial charge on any atom is -0.493 e. The van der Waals surface area contributed by atoms with Crippen molar-refractivity contribution in [2.75, 3.05) is 26.5 Å². The van der Waals surface area contributed by atoms with E-state index in [1.54, 1.807) is 14.2 Å². The van der Waals surface area contributed by atoms with E-state index in [1.165, 1.54) is 5.56 Å². The van der Waals surface area contributed by atoms with Gasteiger partial charge < -0.3 is 15.2 Å². The molecule has 0 aliphatic heterocycles. The minimum atomic E-state index is 0.595. The van der Waals surface area contributed by atoms with Crippen LogP contribution in [-0.2, 0) is 13.1 Å². The maximum atomic E-state index is 6.05. The summed E-state index contributed by atoms with van der Waals surface area (Å²) in [4.78, 5) is 2.36. The molecule has 4 nitrogen and oxygen atoms in total. The zero-order chi connectivity index (χ0) is 15.9. The standard InChI is InChI=1S/C18H24N2O2/c1-4-20(12-14-8-6-5-7-9-14)13-15-10-16(19)18(22-3)17(11-15)21-2/h5-11H,4,12-13,19H2,1-3H3. The van der Waals surface area contributed by atoms with Crippen LogP contribution < -0.4 is 15.2 Å². The van der Waals surface area contributed by atoms with Crippen molar-refractivity contribution in [3.05, 3.63) is 53.6 Å². The van der Waals surface area contributed by atoms with Crippen molar-refractivity contribution in [3.8, 4) is 11.5 Å². The van der Waals surface area contributed by atoms with Gasteiger partial charge in [0.15, 0.2) is 11.5 Å². The molecule has 0 aromatic heterocycles. The van der Waals surface area contributed by atoms with E-state index in [9.17, 15) is 0 Å². The average molecular weight is 300 g/mol. The number of rotatable bonds is 7. The quantitative estimate of drug-likeness (QED) is 0.797. The third kappa shape index (κ3) is 3.92. The normalized spacial score (nSPS) is 10.7. The Bertz CT molecular complexity index is 600. The highest BCUT2D eigenvalue weighted by Gasteiger charge is 2.12. The van der Waals surface area contributed by atoms with Crippen LogP contribution in [0.25, 0.3) is 0 Å². The Labute approximate surface area is 132 Å². The monoisotopic (exact) mass is 300 g/mol. The maximum Gasteiger partial charge on any atom is 0.183 e. The van der Waals surface area contributed by atoms with E-state index in [2.05, 4.69) is 36.1 Å². The molecule has 0 amide bonds. The summed E-state index contributed by atoms with van der Waals surface area (Å²) in [6.07, 6.45) is 0. The van der Waals surface area contributed by atoms with Gasteiger partial charge in [0.2, 0.25) is 0 Å². The molecule has 2 N–H and O–H groups in total. The van der Waals surface area contributed by atoms with Crippen molar-refractivity contribution in [3.63, 3.8) is 0 Å². The fraction of sp³-hybridized carbons (Fsp3) is 0.333. The van der Waals surface area contributed by atoms with Crippen molar-refractivity contribution in [1.82, 2.24) is 4.90 Å². The van der Waals surface area contributed by atoms with E-state index >= 15 is 0 Å². The smallest absolute Gasteiger partial charge is 0.183 e. The summed E-state index contributed by atoms with van der Waals surface area (Å²) in [6, 6.07) is 14.4. The second-order valence-electron chi connectivity index (χ2n) is 5.21. The van der Waals surface area contributed by atoms with Gasteiger partial charge in [0.25, 0.3) is 0 Å². The molecule has 0 spiro atoms. The lowest BCUT2D eigenvalue weighted by atomic mass is 10.1. The van der Waals surface area contributed by atoms with Gasteiger partial charge in [-0.05, 0) is 29.8 Å². The maximum absolute atomic E-state index is 6.05. The summed E-state index contributed by atoms with van der Waals surface area (Å²) in [5, 5.41) is 0. The summed E-state index contributed by atoms with van der Waals surface area (Å²) >= 11 is 0. The summed E-state index contributed by atoms with van der Waals surface area (Å²) < 4.78 is 10.7. The number of anilines is 1. The lowest BCUT2D eigenvalue weighted by Gasteiger charge is -2.22. The minimum absolute atomic E-state index is 0.595. The van der Waals surface area contributed by atoms with Crippen LogP contribution in [0.3, 0.4) is 0 Å². The molecule has 0 aliphatic carbocycles. The molecule has 2 aromatic rings. The van der Waals surface area contributed by atoms with Crippen LogP contribution in [0.15, 0.2) is 42.5 Å². The van der Waals surface area contributed by atoms with Crippen LogP contribution in [0.1, 0.15) is 18.1 Å². The average Bonchev–Trinajstić information content (AvgIpc) is 2.54. The van der Waals surface area contributed by atoms with E-state index in [0.29, 0.717) is 17.2 Å². The predicted molar refractivity (Wildman–Crippen MR) is 90.2 cm³/mol. The van der Waals surface area contributed by atoms with Crippen LogP contribution in [0.5, 0.6) is 11.5 Å². The number of nitrogens with two attached hydrogens (primary N) is 1. The van der Waals surface area contributed by atoms with E-state index < -0.39 is 0 Å². The van der Waals surface area contributed by atoms with E-state index in [4.69, 9.17) is 15.2 Å². The van der Waals surface area contributed by atoms with Gasteiger partial charge in [0, 0.05) is 13.1 Å². The Morgan fingerprint density at radius 3 is 2.23 bits per heavy atom. The molecule has 0 aliphatic rings. The second-order valence-corrected chi connectivity index (χ2v) is 5.21. The fourth-order valence-electron chi connectivity index (χ4n) is 2.52. The van der Waals surface area contributed by atoms with Gasteiger partial charge >= 0.3 is 0 Å². The molecule has 0 unspecified atom stereocenters. The SMILES string of the molecule is CCN(Cc1ccccc1)Cc1cc(N)c(OC)c(OC)c1. The van der Waals surface area contributed by atoms with Crippen LogP contribution in [-0.4, -0.2) is 25.7 Å². The Balaban J connectivity index is 2.15. The molecular formula is C18H24N2O2. The van der Waals surface area contributed by atoms with E-state index in [1.807, 2.05) is 18.2 Å². The van der Waals surface area contributed by atoms with Crippen molar-refractivity contribution in [2.24, 2.45) is 0 Å². The molecule has 2 rings (SSSR count). The molecule has 0 radical (unpaired) electrons. The van der Waals surface area contributed by atoms with Crippen LogP contribution >= 0.6 is 0 Å². The third-order valence-corrected chi connectivity index (χ3v) is 3.67. The molecule has 0 bridgehead atoms. The number of ether oxygens (including phenoxy) is 2. The Kier molecular flexibility index (Phi) is 5.67. The van der Waals surface area contributed by atoms with Gasteiger partial charge in [0.1, 0.15) is 0 Å². The number of hydrogen-bond donors (Lipinski definition) is 1. The largest absolute Gasteiger partial charge is 0.493 e. The molecule has 0 atom stereocenters. The number of nitrogens with zero attached hydrogens (tertiary/aromatic N) is 1. The van der Waals surface area contributed by atoms with Gasteiger partial charge in [0.05, 0.1) is 19.9 Å². The molecule has 4 heteroatoms. The van der Waals surface area contributed by atoms with Gasteiger partial charge in [-0.1, -0.05) is 37.3 Å². The number of benzene rings is 2. The first-order chi connectivity index (χ1) is 10.7. The Morgan fingerprint density at radius 1 is 0.955 bits per heavy atom. The third-order valence-electron chi connectivity index (χ3n) is 3.67. The molecular weight excluding hydrogens is 276 g/mol. The topological polar surface area (TPSA) is 47.7 Å². The number of methoxy groups -OCH3 is 2. The first-order valence-corrected chi connectivity index (χ1v) is 7.44. The summed E-state index contributed by atoms with van der Waals surface area (Å²) in [5.41, 5.74) is 9.08. The van der Waals surface area contributed by atoms with E-state index in [-0.39, 0.29) is 0 Å². The van der Waals surface area contributed by atoms with Crippen molar-refractivity contribution >= 4 is 5.69 Å². The Morgan fingerprint density at radius 2 is 1.64 bits per heavy atom. The van der Waals surface area contributed by atoms with Gasteiger partial charge in [-0.2, -0.15) is 0 Å². The lowest BCUT2D eigenvalue weighted by Crippen LogP contribution is -2.22. The van der Waals surface area contributed by atoms with E-state index in [0.717, 1.165) is 25.2 Å². The van der Waals surface area contributed by atoms with Crippen LogP contribution in [0, 0.1) is 0 Å². The molecule has 0 saturated carbocycles. The van der Waals surface area contributed by atoms with Crippen LogP contribution in [0.2, 0.25) is 0 Å². The molecule has 22 heavy (non-hydrogen) atoms. The highest BCUT2D eigenvalue weighted by atomic mass is 16.5. The predicted octanol–water partition coefficient (Wildman–Crippen LogP) is 3.31. The number of hydrogen-bond acceptors (Lipinski definition) is 4. The second kappa shape index (κ2) is 7.71. The van der Waals surface area contributed by atoms with Gasteiger partial charge in [-0.25, -0.2) is 0 Å². The summed E-state index contributed by atoms with van der Waals surface area (Å²) in [6.45, 7) is 4.84. The van der Waals surface area contributed by atoms with Crippen LogP contribution in [0.4, 0.5) is 5.69 Å². The van der Waals surface area contributed by atoms with Crippen molar-refractivity contribution in [2.45, 2.75) is 20.0 Å². The highest BCUT2D eigenvalue weighted by Crippen LogP contribution is 2.34. The first-order valence-electron chi connectivity index (χ1n) is 7.44. The lowest BCUT2D eigenvalue weighted by molar-refractivity contribution is 0.270. The zero-order valence-corrected chi connectivity index (χ0v) is 13.5. The van der Waals surface area contributed by atoms with Gasteiger partial charge in [-0.3, -0.25) is 4.90 Å². The molecule has 0 heterocycles. The van der Waals surface area contributed by atoms with Crippen molar-refractivity contribution in [1.29, 1.82) is 0 Å². The summed E-state index contributed by atoms with van der Waals surface area (Å²) in [5.74, 6) is 1.27. The molecule has 0 fully saturated rings. The highest BCUT2D eigenvalue weighted by molar-refractivity contribution is 5.62. The number of nitrogen functional groups attached to an aromatic ring is 1. The Hall–Kier alpha value is -2.20. The fourth-order valence-corrected chi connectivity index (χ4v) is 2.52.